The van der Waals surface area contributed by atoms with Crippen LogP contribution in [0.1, 0.15) is 15.9 Å². The number of amides is 3. The number of rotatable bonds is 6. The standard InChI is InChI=1S/C21H18N4O5/c26-19(12-15-7-3-6-14-5-1-2-10-18(14)15)22-13-20(27)23-24-21(28)16-8-4-9-17(11-16)25(29)30/h1-11H,12-13H2,(H,22,26)(H,23,27)(H,24,28). The molecule has 0 aliphatic heterocycles. The van der Waals surface area contributed by atoms with Gasteiger partial charge in [0.1, 0.15) is 0 Å². The van der Waals surface area contributed by atoms with Crippen LogP contribution in [0, 0.1) is 10.1 Å². The van der Waals surface area contributed by atoms with E-state index >= 15 is 0 Å². The molecule has 9 heteroatoms. The summed E-state index contributed by atoms with van der Waals surface area (Å²) in [7, 11) is 0. The van der Waals surface area contributed by atoms with Crippen LogP contribution >= 0.6 is 0 Å². The van der Waals surface area contributed by atoms with Crippen LogP contribution < -0.4 is 16.2 Å². The number of hydrogen-bond acceptors (Lipinski definition) is 5. The summed E-state index contributed by atoms with van der Waals surface area (Å²) in [4.78, 5) is 46.2. The number of non-ortho nitro benzene ring substituents is 1. The zero-order valence-electron chi connectivity index (χ0n) is 15.8. The van der Waals surface area contributed by atoms with Gasteiger partial charge in [0.05, 0.1) is 17.9 Å². The highest BCUT2D eigenvalue weighted by Crippen LogP contribution is 2.18. The number of hydrazine groups is 1. The highest BCUT2D eigenvalue weighted by molar-refractivity contribution is 5.96. The second kappa shape index (κ2) is 9.28. The minimum Gasteiger partial charge on any atom is -0.347 e. The van der Waals surface area contributed by atoms with Crippen LogP contribution in [0.15, 0.2) is 66.7 Å². The molecule has 0 unspecified atom stereocenters. The average Bonchev–Trinajstić information content (AvgIpc) is 2.76. The lowest BCUT2D eigenvalue weighted by Gasteiger charge is -2.09. The predicted molar refractivity (Wildman–Crippen MR) is 109 cm³/mol. The fraction of sp³-hybridized carbons (Fsp3) is 0.0952. The molecule has 0 radical (unpaired) electrons. The number of benzene rings is 3. The van der Waals surface area contributed by atoms with E-state index in [0.717, 1.165) is 22.4 Å². The van der Waals surface area contributed by atoms with Crippen LogP contribution in [0.4, 0.5) is 5.69 Å². The molecule has 152 valence electrons. The van der Waals surface area contributed by atoms with Crippen molar-refractivity contribution < 1.29 is 19.3 Å². The number of hydrogen-bond donors (Lipinski definition) is 3. The maximum absolute atomic E-state index is 12.2. The van der Waals surface area contributed by atoms with Gasteiger partial charge in [0.15, 0.2) is 0 Å². The van der Waals surface area contributed by atoms with Crippen molar-refractivity contribution in [3.8, 4) is 0 Å². The van der Waals surface area contributed by atoms with E-state index in [0.29, 0.717) is 0 Å². The van der Waals surface area contributed by atoms with Crippen molar-refractivity contribution in [1.29, 1.82) is 0 Å². The summed E-state index contributed by atoms with van der Waals surface area (Å²) in [5.41, 5.74) is 4.92. The third kappa shape index (κ3) is 5.16. The van der Waals surface area contributed by atoms with Crippen molar-refractivity contribution >= 4 is 34.2 Å². The fourth-order valence-corrected chi connectivity index (χ4v) is 2.86. The maximum Gasteiger partial charge on any atom is 0.270 e. The van der Waals surface area contributed by atoms with Gasteiger partial charge in [-0.2, -0.15) is 0 Å². The van der Waals surface area contributed by atoms with E-state index in [9.17, 15) is 24.5 Å². The molecule has 0 aliphatic rings. The van der Waals surface area contributed by atoms with Gasteiger partial charge in [-0.25, -0.2) is 0 Å². The third-order valence-electron chi connectivity index (χ3n) is 4.31. The third-order valence-corrected chi connectivity index (χ3v) is 4.31. The van der Waals surface area contributed by atoms with Gasteiger partial charge in [0, 0.05) is 17.7 Å². The first-order chi connectivity index (χ1) is 14.4. The van der Waals surface area contributed by atoms with E-state index in [4.69, 9.17) is 0 Å². The van der Waals surface area contributed by atoms with E-state index < -0.39 is 16.7 Å². The summed E-state index contributed by atoms with van der Waals surface area (Å²) in [6, 6.07) is 18.4. The lowest BCUT2D eigenvalue weighted by molar-refractivity contribution is -0.384. The molecule has 0 fully saturated rings. The topological polar surface area (TPSA) is 130 Å². The summed E-state index contributed by atoms with van der Waals surface area (Å²) >= 11 is 0. The first-order valence-corrected chi connectivity index (χ1v) is 9.01. The van der Waals surface area contributed by atoms with Crippen LogP contribution in [0.3, 0.4) is 0 Å². The van der Waals surface area contributed by atoms with Crippen LogP contribution in [-0.4, -0.2) is 29.2 Å². The number of fused-ring (bicyclic) bond motifs is 1. The molecule has 3 aromatic rings. The van der Waals surface area contributed by atoms with Crippen LogP contribution in [-0.2, 0) is 16.0 Å². The number of nitro benzene ring substituents is 1. The summed E-state index contributed by atoms with van der Waals surface area (Å²) in [5, 5.41) is 15.2. The predicted octanol–water partition coefficient (Wildman–Crippen LogP) is 1.87. The minimum absolute atomic E-state index is 0.0180. The fourth-order valence-electron chi connectivity index (χ4n) is 2.86. The van der Waals surface area contributed by atoms with Gasteiger partial charge in [0.2, 0.25) is 5.91 Å². The molecule has 0 aliphatic carbocycles. The molecule has 3 N–H and O–H groups in total. The largest absolute Gasteiger partial charge is 0.347 e. The zero-order chi connectivity index (χ0) is 21.5. The quantitative estimate of drug-likeness (QED) is 0.425. The zero-order valence-corrected chi connectivity index (χ0v) is 15.8. The van der Waals surface area contributed by atoms with Gasteiger partial charge in [-0.05, 0) is 22.4 Å². The highest BCUT2D eigenvalue weighted by atomic mass is 16.6. The Morgan fingerprint density at radius 1 is 0.867 bits per heavy atom. The number of carbonyl (C=O) groups excluding carboxylic acids is 3. The Labute approximate surface area is 171 Å². The molecule has 3 aromatic carbocycles. The SMILES string of the molecule is O=C(Cc1cccc2ccccc12)NCC(=O)NNC(=O)c1cccc([N+](=O)[O-])c1. The maximum atomic E-state index is 12.2. The van der Waals surface area contributed by atoms with Crippen LogP contribution in [0.25, 0.3) is 10.8 Å². The van der Waals surface area contributed by atoms with Crippen molar-refractivity contribution in [3.63, 3.8) is 0 Å². The molecular formula is C21H18N4O5. The van der Waals surface area contributed by atoms with Gasteiger partial charge in [0.25, 0.3) is 17.5 Å². The molecule has 0 bridgehead atoms. The normalized spacial score (nSPS) is 10.3. The molecule has 0 heterocycles. The van der Waals surface area contributed by atoms with Crippen molar-refractivity contribution in [2.75, 3.05) is 6.54 Å². The van der Waals surface area contributed by atoms with Crippen molar-refractivity contribution in [1.82, 2.24) is 16.2 Å². The second-order valence-corrected chi connectivity index (χ2v) is 6.40. The Morgan fingerprint density at radius 2 is 1.60 bits per heavy atom. The average molecular weight is 406 g/mol. The molecule has 0 atom stereocenters. The van der Waals surface area contributed by atoms with Crippen molar-refractivity contribution in [2.24, 2.45) is 0 Å². The smallest absolute Gasteiger partial charge is 0.270 e. The van der Waals surface area contributed by atoms with E-state index in [1.54, 1.807) is 0 Å². The first kappa shape index (κ1) is 20.5. The number of nitro groups is 1. The van der Waals surface area contributed by atoms with E-state index in [1.807, 2.05) is 42.5 Å². The molecule has 30 heavy (non-hydrogen) atoms. The Hall–Kier alpha value is -4.27. The summed E-state index contributed by atoms with van der Waals surface area (Å²) in [5.74, 6) is -1.69. The molecule has 0 aromatic heterocycles. The summed E-state index contributed by atoms with van der Waals surface area (Å²) in [6.45, 7) is -0.335. The van der Waals surface area contributed by atoms with Gasteiger partial charge >= 0.3 is 0 Å². The van der Waals surface area contributed by atoms with Gasteiger partial charge in [-0.3, -0.25) is 35.3 Å². The highest BCUT2D eigenvalue weighted by Gasteiger charge is 2.13. The molecule has 0 saturated heterocycles. The first-order valence-electron chi connectivity index (χ1n) is 9.01. The van der Waals surface area contributed by atoms with Gasteiger partial charge < -0.3 is 5.32 Å². The monoisotopic (exact) mass is 406 g/mol. The molecular weight excluding hydrogens is 388 g/mol. The summed E-state index contributed by atoms with van der Waals surface area (Å²) < 4.78 is 0. The molecule has 3 rings (SSSR count). The Morgan fingerprint density at radius 3 is 2.40 bits per heavy atom. The molecule has 9 nitrogen and oxygen atoms in total. The summed E-state index contributed by atoms with van der Waals surface area (Å²) in [6.07, 6.45) is 0.106. The second-order valence-electron chi connectivity index (χ2n) is 6.40. The van der Waals surface area contributed by atoms with Crippen molar-refractivity contribution in [2.45, 2.75) is 6.42 Å². The Kier molecular flexibility index (Phi) is 6.33. The minimum atomic E-state index is -0.714. The lowest BCUT2D eigenvalue weighted by Crippen LogP contribution is -2.46. The van der Waals surface area contributed by atoms with Gasteiger partial charge in [-0.1, -0.05) is 48.5 Å². The van der Waals surface area contributed by atoms with Gasteiger partial charge in [-0.15, -0.1) is 0 Å². The van der Waals surface area contributed by atoms with E-state index in [-0.39, 0.29) is 30.1 Å². The van der Waals surface area contributed by atoms with Crippen LogP contribution in [0.5, 0.6) is 0 Å². The van der Waals surface area contributed by atoms with Crippen molar-refractivity contribution in [3.05, 3.63) is 88.0 Å². The van der Waals surface area contributed by atoms with E-state index in [2.05, 4.69) is 16.2 Å². The molecule has 0 saturated carbocycles. The Balaban J connectivity index is 1.48. The Bertz CT molecular complexity index is 1120. The van der Waals surface area contributed by atoms with E-state index in [1.165, 1.54) is 18.2 Å². The van der Waals surface area contributed by atoms with Crippen LogP contribution in [0.2, 0.25) is 0 Å². The molecule has 0 spiro atoms. The number of nitrogens with zero attached hydrogens (tertiary/aromatic N) is 1. The number of carbonyl (C=O) groups is 3. The number of nitrogens with one attached hydrogen (secondary N) is 3. The lowest BCUT2D eigenvalue weighted by atomic mass is 10.0. The molecule has 3 amide bonds.